The number of benzene rings is 1. The molecule has 0 fully saturated rings. The van der Waals surface area contributed by atoms with Crippen LogP contribution in [0.15, 0.2) is 28.7 Å². The fourth-order valence-electron chi connectivity index (χ4n) is 1.68. The van der Waals surface area contributed by atoms with E-state index in [4.69, 9.17) is 10.5 Å². The van der Waals surface area contributed by atoms with E-state index in [1.807, 2.05) is 25.1 Å². The molecule has 0 radical (unpaired) electrons. The van der Waals surface area contributed by atoms with E-state index in [9.17, 15) is 0 Å². The van der Waals surface area contributed by atoms with Crippen molar-refractivity contribution in [3.05, 3.63) is 40.1 Å². The summed E-state index contributed by atoms with van der Waals surface area (Å²) in [4.78, 5) is 8.52. The number of ether oxygens (including phenoxy) is 1. The Bertz CT molecular complexity index is 587. The quantitative estimate of drug-likeness (QED) is 0.928. The Morgan fingerprint density at radius 2 is 2.05 bits per heavy atom. The molecule has 0 saturated heterocycles. The van der Waals surface area contributed by atoms with Crippen LogP contribution in [0.5, 0.6) is 11.6 Å². The summed E-state index contributed by atoms with van der Waals surface area (Å²) < 4.78 is 6.78. The first-order valence-electron chi connectivity index (χ1n) is 6.16. The van der Waals surface area contributed by atoms with Gasteiger partial charge in [-0.05, 0) is 37.1 Å². The summed E-state index contributed by atoms with van der Waals surface area (Å²) >= 11 is 3.46. The molecule has 1 heterocycles. The Hall–Kier alpha value is -1.62. The number of nitrogen functional groups attached to an aromatic ring is 1. The molecule has 2 N–H and O–H groups in total. The van der Waals surface area contributed by atoms with Crippen molar-refractivity contribution in [2.45, 2.75) is 26.7 Å². The van der Waals surface area contributed by atoms with E-state index in [2.05, 4.69) is 32.8 Å². The second kappa shape index (κ2) is 6.02. The Morgan fingerprint density at radius 1 is 1.26 bits per heavy atom. The van der Waals surface area contributed by atoms with Crippen molar-refractivity contribution < 1.29 is 4.74 Å². The third-order valence-corrected chi connectivity index (χ3v) is 3.48. The van der Waals surface area contributed by atoms with E-state index in [0.29, 0.717) is 17.5 Å². The van der Waals surface area contributed by atoms with Gasteiger partial charge in [0.15, 0.2) is 0 Å². The maximum atomic E-state index is 5.76. The molecular formula is C14H16BrN3O. The zero-order chi connectivity index (χ0) is 13.8. The van der Waals surface area contributed by atoms with E-state index in [1.54, 1.807) is 6.07 Å². The van der Waals surface area contributed by atoms with Crippen LogP contribution in [0.2, 0.25) is 0 Å². The van der Waals surface area contributed by atoms with Gasteiger partial charge in [0.05, 0.1) is 0 Å². The highest BCUT2D eigenvalue weighted by molar-refractivity contribution is 9.10. The summed E-state index contributed by atoms with van der Waals surface area (Å²) in [5, 5.41) is 0. The van der Waals surface area contributed by atoms with Crippen LogP contribution in [-0.4, -0.2) is 9.97 Å². The van der Waals surface area contributed by atoms with Gasteiger partial charge >= 0.3 is 0 Å². The normalized spacial score (nSPS) is 10.5. The number of aromatic nitrogens is 2. The molecule has 0 spiro atoms. The third-order valence-electron chi connectivity index (χ3n) is 2.59. The fourth-order valence-corrected chi connectivity index (χ4v) is 1.93. The molecule has 1 aromatic carbocycles. The molecule has 2 rings (SSSR count). The first-order chi connectivity index (χ1) is 9.08. The van der Waals surface area contributed by atoms with Crippen LogP contribution >= 0.6 is 15.9 Å². The van der Waals surface area contributed by atoms with Crippen LogP contribution in [0, 0.1) is 6.92 Å². The Morgan fingerprint density at radius 3 is 2.74 bits per heavy atom. The smallest absolute Gasteiger partial charge is 0.224 e. The second-order valence-electron chi connectivity index (χ2n) is 4.31. The van der Waals surface area contributed by atoms with E-state index >= 15 is 0 Å². The number of nitrogens with two attached hydrogens (primary N) is 1. The lowest BCUT2D eigenvalue weighted by Gasteiger charge is -2.08. The van der Waals surface area contributed by atoms with Crippen LogP contribution < -0.4 is 10.5 Å². The van der Waals surface area contributed by atoms with Crippen LogP contribution in [0.4, 0.5) is 5.82 Å². The molecule has 1 aromatic heterocycles. The molecule has 19 heavy (non-hydrogen) atoms. The standard InChI is InChI=1S/C14H16BrN3O/c1-3-4-13-17-12(16)8-14(18-13)19-10-5-6-11(15)9(2)7-10/h5-8H,3-4H2,1-2H3,(H2,16,17,18). The zero-order valence-electron chi connectivity index (χ0n) is 11.0. The molecule has 0 amide bonds. The second-order valence-corrected chi connectivity index (χ2v) is 5.16. The number of anilines is 1. The summed E-state index contributed by atoms with van der Waals surface area (Å²) in [6, 6.07) is 7.41. The topological polar surface area (TPSA) is 61.0 Å². The molecule has 2 aromatic rings. The number of halogens is 1. The van der Waals surface area contributed by atoms with Crippen molar-refractivity contribution in [1.82, 2.24) is 9.97 Å². The van der Waals surface area contributed by atoms with Gasteiger partial charge in [0.2, 0.25) is 5.88 Å². The predicted molar refractivity (Wildman–Crippen MR) is 79.4 cm³/mol. The summed E-state index contributed by atoms with van der Waals surface area (Å²) in [6.45, 7) is 4.08. The summed E-state index contributed by atoms with van der Waals surface area (Å²) in [7, 11) is 0. The van der Waals surface area contributed by atoms with Gasteiger partial charge in [-0.2, -0.15) is 4.98 Å². The SMILES string of the molecule is CCCc1nc(N)cc(Oc2ccc(Br)c(C)c2)n1. The molecule has 0 unspecified atom stereocenters. The van der Waals surface area contributed by atoms with E-state index in [-0.39, 0.29) is 0 Å². The van der Waals surface area contributed by atoms with Crippen molar-refractivity contribution in [2.24, 2.45) is 0 Å². The van der Waals surface area contributed by atoms with Crippen LogP contribution in [0.1, 0.15) is 24.7 Å². The van der Waals surface area contributed by atoms with Crippen LogP contribution in [-0.2, 0) is 6.42 Å². The van der Waals surface area contributed by atoms with E-state index < -0.39 is 0 Å². The molecule has 0 aliphatic carbocycles. The highest BCUT2D eigenvalue weighted by Crippen LogP contribution is 2.25. The van der Waals surface area contributed by atoms with Gasteiger partial charge in [0.25, 0.3) is 0 Å². The average Bonchev–Trinajstić information content (AvgIpc) is 2.33. The fraction of sp³-hybridized carbons (Fsp3) is 0.286. The predicted octanol–water partition coefficient (Wildman–Crippen LogP) is 3.87. The minimum absolute atomic E-state index is 0.433. The Kier molecular flexibility index (Phi) is 4.37. The lowest BCUT2D eigenvalue weighted by molar-refractivity contribution is 0.458. The van der Waals surface area contributed by atoms with Gasteiger partial charge < -0.3 is 10.5 Å². The van der Waals surface area contributed by atoms with Crippen molar-refractivity contribution in [2.75, 3.05) is 5.73 Å². The lowest BCUT2D eigenvalue weighted by atomic mass is 10.2. The largest absolute Gasteiger partial charge is 0.439 e. The Labute approximate surface area is 121 Å². The molecule has 0 saturated carbocycles. The summed E-state index contributed by atoms with van der Waals surface area (Å²) in [5.74, 6) is 2.37. The van der Waals surface area contributed by atoms with Gasteiger partial charge in [-0.1, -0.05) is 22.9 Å². The highest BCUT2D eigenvalue weighted by Gasteiger charge is 2.05. The number of nitrogens with zero attached hydrogens (tertiary/aromatic N) is 2. The molecule has 0 aliphatic heterocycles. The molecule has 0 bridgehead atoms. The number of rotatable bonds is 4. The lowest BCUT2D eigenvalue weighted by Crippen LogP contribution is -2.01. The first kappa shape index (κ1) is 13.8. The van der Waals surface area contributed by atoms with Crippen LogP contribution in [0.25, 0.3) is 0 Å². The summed E-state index contributed by atoms with van der Waals surface area (Å²) in [5.41, 5.74) is 6.86. The molecule has 0 atom stereocenters. The van der Waals surface area contributed by atoms with Gasteiger partial charge in [0.1, 0.15) is 17.4 Å². The highest BCUT2D eigenvalue weighted by atomic mass is 79.9. The average molecular weight is 322 g/mol. The minimum Gasteiger partial charge on any atom is -0.439 e. The van der Waals surface area contributed by atoms with Gasteiger partial charge in [-0.25, -0.2) is 4.98 Å². The summed E-state index contributed by atoms with van der Waals surface area (Å²) in [6.07, 6.45) is 1.76. The Balaban J connectivity index is 2.24. The molecule has 0 aliphatic rings. The van der Waals surface area contributed by atoms with E-state index in [1.165, 1.54) is 0 Å². The molecule has 4 nitrogen and oxygen atoms in total. The monoisotopic (exact) mass is 321 g/mol. The van der Waals surface area contributed by atoms with Crippen molar-refractivity contribution >= 4 is 21.7 Å². The first-order valence-corrected chi connectivity index (χ1v) is 6.95. The van der Waals surface area contributed by atoms with Gasteiger partial charge in [0, 0.05) is 17.0 Å². The van der Waals surface area contributed by atoms with Crippen molar-refractivity contribution in [1.29, 1.82) is 0 Å². The number of hydrogen-bond donors (Lipinski definition) is 1. The van der Waals surface area contributed by atoms with Crippen LogP contribution in [0.3, 0.4) is 0 Å². The van der Waals surface area contributed by atoms with E-state index in [0.717, 1.165) is 28.6 Å². The van der Waals surface area contributed by atoms with Crippen molar-refractivity contribution in [3.63, 3.8) is 0 Å². The minimum atomic E-state index is 0.433. The van der Waals surface area contributed by atoms with Gasteiger partial charge in [-0.15, -0.1) is 0 Å². The van der Waals surface area contributed by atoms with Crippen molar-refractivity contribution in [3.8, 4) is 11.6 Å². The molecule has 100 valence electrons. The van der Waals surface area contributed by atoms with Gasteiger partial charge in [-0.3, -0.25) is 0 Å². The third kappa shape index (κ3) is 3.67. The maximum absolute atomic E-state index is 5.76. The molecular weight excluding hydrogens is 306 g/mol. The maximum Gasteiger partial charge on any atom is 0.224 e. The zero-order valence-corrected chi connectivity index (χ0v) is 12.6. The number of aryl methyl sites for hydroxylation is 2. The number of hydrogen-bond acceptors (Lipinski definition) is 4. The molecule has 5 heteroatoms.